The summed E-state index contributed by atoms with van der Waals surface area (Å²) in [6.45, 7) is 0.171. The number of nitrogens with zero attached hydrogens (tertiary/aromatic N) is 4. The summed E-state index contributed by atoms with van der Waals surface area (Å²) < 4.78 is 31.0. The fourth-order valence-corrected chi connectivity index (χ4v) is 4.57. The zero-order valence-corrected chi connectivity index (χ0v) is 20.0. The van der Waals surface area contributed by atoms with E-state index in [1.807, 2.05) is 30.1 Å². The molecule has 9 heteroatoms. The number of fused-ring (bicyclic) bond motifs is 1. The minimum atomic E-state index is -2.91. The van der Waals surface area contributed by atoms with Crippen LogP contribution < -0.4 is 10.1 Å². The lowest BCUT2D eigenvalue weighted by molar-refractivity contribution is -0.0498. The number of aryl methyl sites for hydroxylation is 1. The molecule has 0 aliphatic carbocycles. The van der Waals surface area contributed by atoms with E-state index in [0.717, 1.165) is 41.5 Å². The molecule has 2 aromatic heterocycles. The van der Waals surface area contributed by atoms with Crippen molar-refractivity contribution < 1.29 is 18.3 Å². The van der Waals surface area contributed by atoms with Crippen molar-refractivity contribution in [3.05, 3.63) is 72.2 Å². The molecule has 186 valence electrons. The van der Waals surface area contributed by atoms with Crippen LogP contribution in [0.4, 0.5) is 14.6 Å². The molecule has 0 spiro atoms. The van der Waals surface area contributed by atoms with Gasteiger partial charge in [0, 0.05) is 36.3 Å². The number of amides is 1. The van der Waals surface area contributed by atoms with Gasteiger partial charge in [-0.2, -0.15) is 13.9 Å². The summed E-state index contributed by atoms with van der Waals surface area (Å²) in [5, 5.41) is 9.19. The number of hydrogen-bond acceptors (Lipinski definition) is 5. The van der Waals surface area contributed by atoms with E-state index in [-0.39, 0.29) is 5.75 Å². The normalized spacial score (nSPS) is 14.3. The van der Waals surface area contributed by atoms with Gasteiger partial charge in [-0.1, -0.05) is 18.6 Å². The number of alkyl halides is 2. The zero-order valence-electron chi connectivity index (χ0n) is 20.0. The van der Waals surface area contributed by atoms with E-state index >= 15 is 0 Å². The quantitative estimate of drug-likeness (QED) is 0.371. The molecule has 2 aromatic carbocycles. The van der Waals surface area contributed by atoms with E-state index in [4.69, 9.17) is 0 Å². The van der Waals surface area contributed by atoms with Gasteiger partial charge in [-0.3, -0.25) is 14.4 Å². The molecule has 7 nitrogen and oxygen atoms in total. The predicted molar refractivity (Wildman–Crippen MR) is 134 cm³/mol. The summed E-state index contributed by atoms with van der Waals surface area (Å²) in [6, 6.07) is 13.5. The summed E-state index contributed by atoms with van der Waals surface area (Å²) in [5.74, 6) is 0.00271. The molecule has 1 saturated heterocycles. The first kappa shape index (κ1) is 23.9. The minimum Gasteiger partial charge on any atom is -0.435 e. The number of carbonyl (C=O) groups excluding carboxylic acids is 1. The number of piperidine rings is 1. The van der Waals surface area contributed by atoms with Crippen molar-refractivity contribution in [3.8, 4) is 16.9 Å². The molecule has 5 rings (SSSR count). The topological polar surface area (TPSA) is 72.3 Å². The number of benzene rings is 2. The number of rotatable bonds is 7. The van der Waals surface area contributed by atoms with Gasteiger partial charge in [0.05, 0.1) is 11.9 Å². The van der Waals surface area contributed by atoms with Crippen molar-refractivity contribution in [3.63, 3.8) is 0 Å². The number of nitrogens with one attached hydrogen (secondary N) is 1. The molecule has 1 aliphatic heterocycles. The third-order valence-corrected chi connectivity index (χ3v) is 6.50. The molecule has 0 saturated carbocycles. The third-order valence-electron chi connectivity index (χ3n) is 6.50. The van der Waals surface area contributed by atoms with E-state index in [9.17, 15) is 13.6 Å². The average molecular weight is 492 g/mol. The monoisotopic (exact) mass is 491 g/mol. The van der Waals surface area contributed by atoms with Gasteiger partial charge in [-0.05, 0) is 73.3 Å². The Morgan fingerprint density at radius 1 is 1.03 bits per heavy atom. The van der Waals surface area contributed by atoms with Crippen LogP contribution in [0, 0.1) is 0 Å². The van der Waals surface area contributed by atoms with Gasteiger partial charge >= 0.3 is 6.61 Å². The second-order valence-electron chi connectivity index (χ2n) is 8.95. The second-order valence-corrected chi connectivity index (χ2v) is 8.95. The second kappa shape index (κ2) is 10.4. The number of hydrogen-bond donors (Lipinski definition) is 1. The highest BCUT2D eigenvalue weighted by Gasteiger charge is 2.17. The first-order chi connectivity index (χ1) is 17.5. The third kappa shape index (κ3) is 5.36. The molecule has 0 bridgehead atoms. The smallest absolute Gasteiger partial charge is 0.387 e. The molecule has 4 aromatic rings. The zero-order chi connectivity index (χ0) is 25.1. The van der Waals surface area contributed by atoms with Crippen LogP contribution >= 0.6 is 0 Å². The van der Waals surface area contributed by atoms with Gasteiger partial charge < -0.3 is 10.1 Å². The Bertz CT molecular complexity index is 1360. The number of likely N-dealkylation sites (tertiary alicyclic amines) is 1. The molecular formula is C27H27F2N5O2. The lowest BCUT2D eigenvalue weighted by atomic mass is 10.0. The molecule has 1 N–H and O–H groups in total. The number of carbonyl (C=O) groups is 1. The Balaban J connectivity index is 1.36. The summed E-state index contributed by atoms with van der Waals surface area (Å²) in [6.07, 6.45) is 7.39. The molecule has 1 aliphatic rings. The molecular weight excluding hydrogens is 464 g/mol. The van der Waals surface area contributed by atoms with Crippen LogP contribution in [0.15, 0.2) is 60.9 Å². The summed E-state index contributed by atoms with van der Waals surface area (Å²) in [5.41, 5.74) is 3.64. The number of anilines is 1. The molecule has 3 heterocycles. The summed E-state index contributed by atoms with van der Waals surface area (Å²) in [4.78, 5) is 19.5. The number of halogens is 2. The van der Waals surface area contributed by atoms with Crippen molar-refractivity contribution in [2.45, 2.75) is 32.4 Å². The Hall–Kier alpha value is -3.85. The van der Waals surface area contributed by atoms with Crippen LogP contribution in [-0.2, 0) is 13.6 Å². The maximum absolute atomic E-state index is 12.7. The van der Waals surface area contributed by atoms with Gasteiger partial charge in [0.1, 0.15) is 11.6 Å². The van der Waals surface area contributed by atoms with Crippen LogP contribution in [0.2, 0.25) is 0 Å². The lowest BCUT2D eigenvalue weighted by Gasteiger charge is -2.26. The highest BCUT2D eigenvalue weighted by molar-refractivity contribution is 6.04. The van der Waals surface area contributed by atoms with Gasteiger partial charge in [-0.15, -0.1) is 0 Å². The summed E-state index contributed by atoms with van der Waals surface area (Å²) in [7, 11) is 1.98. The van der Waals surface area contributed by atoms with Gasteiger partial charge in [0.25, 0.3) is 5.91 Å². The fourth-order valence-electron chi connectivity index (χ4n) is 4.57. The van der Waals surface area contributed by atoms with E-state index in [1.165, 1.54) is 49.2 Å². The van der Waals surface area contributed by atoms with E-state index in [2.05, 4.69) is 37.2 Å². The fraction of sp³-hybridized carbons (Fsp3) is 0.296. The maximum atomic E-state index is 12.7. The van der Waals surface area contributed by atoms with Crippen LogP contribution in [-0.4, -0.2) is 45.3 Å². The van der Waals surface area contributed by atoms with Crippen molar-refractivity contribution in [1.29, 1.82) is 0 Å². The Morgan fingerprint density at radius 3 is 2.56 bits per heavy atom. The first-order valence-corrected chi connectivity index (χ1v) is 12.0. The largest absolute Gasteiger partial charge is 0.435 e. The molecule has 0 radical (unpaired) electrons. The molecule has 0 unspecified atom stereocenters. The summed E-state index contributed by atoms with van der Waals surface area (Å²) >= 11 is 0. The standard InChI is InChI=1S/C27H27F2N5O2/c1-33-24(17-34-11-3-2-4-12-34)23(16-31-33)19-5-6-20-15-30-25(14-21(20)13-19)32-26(35)18-7-9-22(10-8-18)36-27(28)29/h5-10,13-16,27H,2-4,11-12,17H2,1H3,(H,30,32,35). The van der Waals surface area contributed by atoms with Crippen molar-refractivity contribution >= 4 is 22.5 Å². The molecule has 1 fully saturated rings. The van der Waals surface area contributed by atoms with Crippen molar-refractivity contribution in [2.75, 3.05) is 18.4 Å². The number of pyridine rings is 1. The van der Waals surface area contributed by atoms with Crippen molar-refractivity contribution in [1.82, 2.24) is 19.7 Å². The Morgan fingerprint density at radius 2 is 1.81 bits per heavy atom. The Kier molecular flexibility index (Phi) is 6.90. The van der Waals surface area contributed by atoms with Gasteiger partial charge in [0.15, 0.2) is 0 Å². The lowest BCUT2D eigenvalue weighted by Crippen LogP contribution is -2.30. The molecule has 0 atom stereocenters. The maximum Gasteiger partial charge on any atom is 0.387 e. The predicted octanol–water partition coefficient (Wildman–Crippen LogP) is 5.47. The van der Waals surface area contributed by atoms with Gasteiger partial charge in [0.2, 0.25) is 0 Å². The minimum absolute atomic E-state index is 0.00651. The Labute approximate surface area is 207 Å². The number of ether oxygens (including phenoxy) is 1. The highest BCUT2D eigenvalue weighted by atomic mass is 19.3. The van der Waals surface area contributed by atoms with Crippen molar-refractivity contribution in [2.24, 2.45) is 7.05 Å². The first-order valence-electron chi connectivity index (χ1n) is 12.0. The average Bonchev–Trinajstić information content (AvgIpc) is 3.24. The van der Waals surface area contributed by atoms with E-state index < -0.39 is 12.5 Å². The van der Waals surface area contributed by atoms with Crippen LogP contribution in [0.25, 0.3) is 21.9 Å². The van der Waals surface area contributed by atoms with Crippen LogP contribution in [0.5, 0.6) is 5.75 Å². The number of aromatic nitrogens is 3. The molecule has 36 heavy (non-hydrogen) atoms. The van der Waals surface area contributed by atoms with E-state index in [1.54, 1.807) is 6.20 Å². The highest BCUT2D eigenvalue weighted by Crippen LogP contribution is 2.29. The molecule has 1 amide bonds. The SMILES string of the molecule is Cn1ncc(-c2ccc3cnc(NC(=O)c4ccc(OC(F)F)cc4)cc3c2)c1CN1CCCCC1. The van der Waals surface area contributed by atoms with Gasteiger partial charge in [-0.25, -0.2) is 4.98 Å². The van der Waals surface area contributed by atoms with Crippen LogP contribution in [0.1, 0.15) is 35.3 Å². The van der Waals surface area contributed by atoms with Crippen LogP contribution in [0.3, 0.4) is 0 Å². The van der Waals surface area contributed by atoms with E-state index in [0.29, 0.717) is 11.4 Å².